The predicted molar refractivity (Wildman–Crippen MR) is 72.0 cm³/mol. The van der Waals surface area contributed by atoms with Crippen LogP contribution in [0.5, 0.6) is 5.75 Å². The zero-order valence-electron chi connectivity index (χ0n) is 11.6. The first-order valence-corrected chi connectivity index (χ1v) is 6.79. The Labute approximate surface area is 113 Å². The zero-order valence-corrected chi connectivity index (χ0v) is 11.6. The number of aromatic nitrogens is 2. The summed E-state index contributed by atoms with van der Waals surface area (Å²) in [6, 6.07) is -0.256. The van der Waals surface area contributed by atoms with Crippen molar-refractivity contribution >= 4 is 5.91 Å². The number of rotatable bonds is 5. The molecule has 1 aliphatic heterocycles. The summed E-state index contributed by atoms with van der Waals surface area (Å²) >= 11 is 0. The number of methoxy groups -OCH3 is 1. The topological polar surface area (TPSA) is 82.2 Å². The van der Waals surface area contributed by atoms with E-state index in [-0.39, 0.29) is 17.9 Å². The lowest BCUT2D eigenvalue weighted by molar-refractivity contribution is -0.120. The number of ether oxygens (including phenoxy) is 1. The zero-order chi connectivity index (χ0) is 13.8. The Bertz CT molecular complexity index is 444. The van der Waals surface area contributed by atoms with Gasteiger partial charge in [-0.1, -0.05) is 6.92 Å². The lowest BCUT2D eigenvalue weighted by Gasteiger charge is -2.29. The number of carbonyl (C=O) groups excluding carboxylic acids is 1. The van der Waals surface area contributed by atoms with Crippen molar-refractivity contribution in [1.29, 1.82) is 0 Å². The summed E-state index contributed by atoms with van der Waals surface area (Å²) in [5.74, 6) is 0.788. The molecule has 1 aromatic heterocycles. The minimum atomic E-state index is -0.287. The lowest BCUT2D eigenvalue weighted by Crippen LogP contribution is -2.46. The molecule has 0 aliphatic carbocycles. The molecule has 2 heterocycles. The summed E-state index contributed by atoms with van der Waals surface area (Å²) in [5, 5.41) is 7.53. The Kier molecular flexibility index (Phi) is 4.42. The quantitative estimate of drug-likeness (QED) is 0.818. The second-order valence-corrected chi connectivity index (χ2v) is 4.95. The molecule has 1 amide bonds. The van der Waals surface area contributed by atoms with Crippen molar-refractivity contribution in [3.8, 4) is 5.75 Å². The first-order chi connectivity index (χ1) is 9.17. The number of primary amides is 1. The van der Waals surface area contributed by atoms with Crippen molar-refractivity contribution in [2.45, 2.75) is 44.7 Å². The van der Waals surface area contributed by atoms with Gasteiger partial charge in [0.15, 0.2) is 5.75 Å². The highest BCUT2D eigenvalue weighted by Crippen LogP contribution is 2.34. The molecule has 2 rings (SSSR count). The number of nitrogens with two attached hydrogens (primary N) is 1. The van der Waals surface area contributed by atoms with Crippen molar-refractivity contribution in [2.24, 2.45) is 5.73 Å². The van der Waals surface area contributed by atoms with Crippen molar-refractivity contribution in [3.05, 3.63) is 11.9 Å². The second kappa shape index (κ2) is 6.06. The molecule has 1 saturated heterocycles. The Balaban J connectivity index is 2.24. The van der Waals surface area contributed by atoms with E-state index in [2.05, 4.69) is 17.3 Å². The van der Waals surface area contributed by atoms with E-state index < -0.39 is 0 Å². The SMILES string of the molecule is CCCn1ncc(OC)c1C1CCNC(C(N)=O)C1. The van der Waals surface area contributed by atoms with Crippen molar-refractivity contribution < 1.29 is 9.53 Å². The van der Waals surface area contributed by atoms with Gasteiger partial charge in [-0.3, -0.25) is 9.48 Å². The number of hydrogen-bond acceptors (Lipinski definition) is 4. The van der Waals surface area contributed by atoms with Gasteiger partial charge < -0.3 is 15.8 Å². The normalized spacial score (nSPS) is 23.3. The highest BCUT2D eigenvalue weighted by Gasteiger charge is 2.30. The van der Waals surface area contributed by atoms with Crippen LogP contribution in [-0.2, 0) is 11.3 Å². The van der Waals surface area contributed by atoms with Crippen molar-refractivity contribution in [1.82, 2.24) is 15.1 Å². The van der Waals surface area contributed by atoms with Crippen LogP contribution in [-0.4, -0.2) is 35.4 Å². The van der Waals surface area contributed by atoms with Crippen LogP contribution in [0.2, 0.25) is 0 Å². The van der Waals surface area contributed by atoms with Crippen LogP contribution in [0.4, 0.5) is 0 Å². The number of carbonyl (C=O) groups is 1. The number of nitrogens with zero attached hydrogens (tertiary/aromatic N) is 2. The third kappa shape index (κ3) is 2.89. The molecule has 0 saturated carbocycles. The van der Waals surface area contributed by atoms with E-state index in [1.807, 2.05) is 4.68 Å². The smallest absolute Gasteiger partial charge is 0.234 e. The fourth-order valence-electron chi connectivity index (χ4n) is 2.72. The maximum atomic E-state index is 11.3. The summed E-state index contributed by atoms with van der Waals surface area (Å²) in [6.07, 6.45) is 4.45. The maximum absolute atomic E-state index is 11.3. The predicted octanol–water partition coefficient (Wildman–Crippen LogP) is 0.623. The van der Waals surface area contributed by atoms with Gasteiger partial charge in [-0.2, -0.15) is 5.10 Å². The Morgan fingerprint density at radius 1 is 1.68 bits per heavy atom. The molecule has 0 aromatic carbocycles. The largest absolute Gasteiger partial charge is 0.493 e. The van der Waals surface area contributed by atoms with Crippen molar-refractivity contribution in [3.63, 3.8) is 0 Å². The first kappa shape index (κ1) is 13.9. The third-order valence-corrected chi connectivity index (χ3v) is 3.63. The van der Waals surface area contributed by atoms with Gasteiger partial charge in [0.2, 0.25) is 5.91 Å². The van der Waals surface area contributed by atoms with Crippen LogP contribution in [0.15, 0.2) is 6.20 Å². The highest BCUT2D eigenvalue weighted by molar-refractivity contribution is 5.80. The molecule has 3 N–H and O–H groups in total. The molecular formula is C13H22N4O2. The van der Waals surface area contributed by atoms with E-state index in [4.69, 9.17) is 10.5 Å². The molecule has 0 bridgehead atoms. The van der Waals surface area contributed by atoms with Gasteiger partial charge in [0.25, 0.3) is 0 Å². The fourth-order valence-corrected chi connectivity index (χ4v) is 2.72. The average Bonchev–Trinajstić information content (AvgIpc) is 2.82. The van der Waals surface area contributed by atoms with Gasteiger partial charge in [-0.15, -0.1) is 0 Å². The molecular weight excluding hydrogens is 244 g/mol. The fraction of sp³-hybridized carbons (Fsp3) is 0.692. The molecule has 2 atom stereocenters. The summed E-state index contributed by atoms with van der Waals surface area (Å²) in [6.45, 7) is 3.77. The summed E-state index contributed by atoms with van der Waals surface area (Å²) in [4.78, 5) is 11.3. The van der Waals surface area contributed by atoms with E-state index in [1.165, 1.54) is 0 Å². The number of hydrogen-bond donors (Lipinski definition) is 2. The number of piperidine rings is 1. The van der Waals surface area contributed by atoms with Gasteiger partial charge in [-0.05, 0) is 25.8 Å². The highest BCUT2D eigenvalue weighted by atomic mass is 16.5. The Morgan fingerprint density at radius 2 is 2.47 bits per heavy atom. The van der Waals surface area contributed by atoms with E-state index in [0.29, 0.717) is 6.42 Å². The summed E-state index contributed by atoms with van der Waals surface area (Å²) in [5.41, 5.74) is 6.49. The standard InChI is InChI=1S/C13H22N4O2/c1-3-6-17-12(11(19-2)8-16-17)9-4-5-15-10(7-9)13(14)18/h8-10,15H,3-7H2,1-2H3,(H2,14,18). The minimum Gasteiger partial charge on any atom is -0.493 e. The average molecular weight is 266 g/mol. The van der Waals surface area contributed by atoms with Gasteiger partial charge in [0, 0.05) is 12.5 Å². The molecule has 1 aromatic rings. The molecule has 6 heteroatoms. The van der Waals surface area contributed by atoms with Crippen LogP contribution in [0.1, 0.15) is 37.8 Å². The molecule has 0 spiro atoms. The van der Waals surface area contributed by atoms with E-state index >= 15 is 0 Å². The van der Waals surface area contributed by atoms with Gasteiger partial charge in [0.1, 0.15) is 0 Å². The van der Waals surface area contributed by atoms with Crippen LogP contribution < -0.4 is 15.8 Å². The van der Waals surface area contributed by atoms with Crippen molar-refractivity contribution in [2.75, 3.05) is 13.7 Å². The number of amides is 1. The van der Waals surface area contributed by atoms with Gasteiger partial charge in [-0.25, -0.2) is 0 Å². The molecule has 106 valence electrons. The molecule has 1 aliphatic rings. The minimum absolute atomic E-state index is 0.256. The van der Waals surface area contributed by atoms with Gasteiger partial charge >= 0.3 is 0 Å². The third-order valence-electron chi connectivity index (χ3n) is 3.63. The van der Waals surface area contributed by atoms with Crippen LogP contribution in [0.3, 0.4) is 0 Å². The molecule has 19 heavy (non-hydrogen) atoms. The van der Waals surface area contributed by atoms with Crippen LogP contribution >= 0.6 is 0 Å². The van der Waals surface area contributed by atoms with E-state index in [9.17, 15) is 4.79 Å². The number of aryl methyl sites for hydroxylation is 1. The molecule has 1 fully saturated rings. The molecule has 2 unspecified atom stereocenters. The van der Waals surface area contributed by atoms with E-state index in [0.717, 1.165) is 37.4 Å². The van der Waals surface area contributed by atoms with E-state index in [1.54, 1.807) is 13.3 Å². The Hall–Kier alpha value is -1.56. The lowest BCUT2D eigenvalue weighted by atomic mass is 9.89. The number of nitrogens with one attached hydrogen (secondary N) is 1. The molecule has 6 nitrogen and oxygen atoms in total. The molecule has 0 radical (unpaired) electrons. The maximum Gasteiger partial charge on any atom is 0.234 e. The van der Waals surface area contributed by atoms with Crippen LogP contribution in [0, 0.1) is 0 Å². The summed E-state index contributed by atoms with van der Waals surface area (Å²) in [7, 11) is 1.66. The van der Waals surface area contributed by atoms with Gasteiger partial charge in [0.05, 0.1) is 25.0 Å². The first-order valence-electron chi connectivity index (χ1n) is 6.79. The second-order valence-electron chi connectivity index (χ2n) is 4.95. The Morgan fingerprint density at radius 3 is 3.11 bits per heavy atom. The summed E-state index contributed by atoms with van der Waals surface area (Å²) < 4.78 is 7.39. The van der Waals surface area contributed by atoms with Crippen LogP contribution in [0.25, 0.3) is 0 Å². The monoisotopic (exact) mass is 266 g/mol.